The predicted molar refractivity (Wildman–Crippen MR) is 90.4 cm³/mol. The molecule has 1 aromatic carbocycles. The molecule has 0 unspecified atom stereocenters. The molecule has 0 atom stereocenters. The number of nitrogens with zero attached hydrogens (tertiary/aromatic N) is 2. The molecule has 1 heterocycles. The SMILES string of the molecule is O=C(CNC(=O)C1CCCCC1)OCc1nc2ccccc2n1C(F)F. The molecule has 1 fully saturated rings. The monoisotopic (exact) mass is 365 g/mol. The third kappa shape index (κ3) is 4.17. The number of amides is 1. The number of benzene rings is 1. The molecule has 0 spiro atoms. The maximum atomic E-state index is 13.3. The molecule has 1 aliphatic rings. The first-order valence-corrected chi connectivity index (χ1v) is 8.73. The number of carbonyl (C=O) groups excluding carboxylic acids is 2. The summed E-state index contributed by atoms with van der Waals surface area (Å²) in [6.07, 6.45) is 4.84. The number of imidazole rings is 1. The summed E-state index contributed by atoms with van der Waals surface area (Å²) in [7, 11) is 0. The Labute approximate surface area is 149 Å². The quantitative estimate of drug-likeness (QED) is 0.798. The molecule has 6 nitrogen and oxygen atoms in total. The van der Waals surface area contributed by atoms with Crippen LogP contribution in [0.2, 0.25) is 0 Å². The first-order chi connectivity index (χ1) is 12.6. The Morgan fingerprint density at radius 1 is 1.23 bits per heavy atom. The summed E-state index contributed by atoms with van der Waals surface area (Å²) in [4.78, 5) is 27.9. The zero-order valence-corrected chi connectivity index (χ0v) is 14.3. The number of hydrogen-bond donors (Lipinski definition) is 1. The minimum atomic E-state index is -2.79. The third-order valence-electron chi connectivity index (χ3n) is 4.61. The highest BCUT2D eigenvalue weighted by atomic mass is 19.3. The fourth-order valence-corrected chi connectivity index (χ4v) is 3.28. The molecule has 0 aliphatic heterocycles. The summed E-state index contributed by atoms with van der Waals surface area (Å²) in [6.45, 7) is -3.44. The normalized spacial score (nSPS) is 15.3. The lowest BCUT2D eigenvalue weighted by Crippen LogP contribution is -2.36. The molecular weight excluding hydrogens is 344 g/mol. The number of ether oxygens (including phenoxy) is 1. The highest BCUT2D eigenvalue weighted by molar-refractivity contribution is 5.83. The maximum absolute atomic E-state index is 13.3. The molecule has 1 amide bonds. The number of aromatic nitrogens is 2. The number of esters is 1. The van der Waals surface area contributed by atoms with Gasteiger partial charge in [0.15, 0.2) is 5.82 Å². The Morgan fingerprint density at radius 3 is 2.69 bits per heavy atom. The zero-order valence-electron chi connectivity index (χ0n) is 14.3. The van der Waals surface area contributed by atoms with E-state index in [4.69, 9.17) is 4.74 Å². The maximum Gasteiger partial charge on any atom is 0.325 e. The van der Waals surface area contributed by atoms with Crippen molar-refractivity contribution < 1.29 is 23.1 Å². The molecule has 2 aromatic rings. The van der Waals surface area contributed by atoms with Gasteiger partial charge in [-0.3, -0.25) is 14.2 Å². The van der Waals surface area contributed by atoms with Crippen LogP contribution < -0.4 is 5.32 Å². The Balaban J connectivity index is 1.55. The minimum Gasteiger partial charge on any atom is -0.456 e. The largest absolute Gasteiger partial charge is 0.456 e. The smallest absolute Gasteiger partial charge is 0.325 e. The molecule has 140 valence electrons. The average molecular weight is 365 g/mol. The minimum absolute atomic E-state index is 0.0341. The van der Waals surface area contributed by atoms with Gasteiger partial charge in [-0.2, -0.15) is 8.78 Å². The molecule has 26 heavy (non-hydrogen) atoms. The molecule has 0 radical (unpaired) electrons. The van der Waals surface area contributed by atoms with Gasteiger partial charge in [0.1, 0.15) is 13.2 Å². The lowest BCUT2D eigenvalue weighted by Gasteiger charge is -2.20. The van der Waals surface area contributed by atoms with Crippen molar-refractivity contribution in [2.45, 2.75) is 45.3 Å². The highest BCUT2D eigenvalue weighted by Crippen LogP contribution is 2.24. The molecule has 1 aliphatic carbocycles. The summed E-state index contributed by atoms with van der Waals surface area (Å²) < 4.78 is 32.4. The van der Waals surface area contributed by atoms with Crippen molar-refractivity contribution in [1.29, 1.82) is 0 Å². The first kappa shape index (κ1) is 18.3. The second kappa shape index (κ2) is 8.25. The van der Waals surface area contributed by atoms with Gasteiger partial charge in [-0.05, 0) is 25.0 Å². The Hall–Kier alpha value is -2.51. The van der Waals surface area contributed by atoms with Crippen LogP contribution in [0.25, 0.3) is 11.0 Å². The number of hydrogen-bond acceptors (Lipinski definition) is 4. The van der Waals surface area contributed by atoms with Crippen LogP contribution in [-0.2, 0) is 20.9 Å². The first-order valence-electron chi connectivity index (χ1n) is 8.73. The van der Waals surface area contributed by atoms with E-state index in [0.29, 0.717) is 5.52 Å². The standard InChI is InChI=1S/C18H21F2N3O3/c19-18(20)23-14-9-5-4-8-13(14)22-15(23)11-26-16(24)10-21-17(25)12-6-2-1-3-7-12/h4-5,8-9,12,18H,1-3,6-7,10-11H2,(H,21,25). The number of fused-ring (bicyclic) bond motifs is 1. The van der Waals surface area contributed by atoms with Gasteiger partial charge in [0.05, 0.1) is 11.0 Å². The highest BCUT2D eigenvalue weighted by Gasteiger charge is 2.22. The lowest BCUT2D eigenvalue weighted by atomic mass is 9.89. The molecule has 0 saturated heterocycles. The van der Waals surface area contributed by atoms with Crippen LogP contribution in [0.15, 0.2) is 24.3 Å². The molecule has 1 aromatic heterocycles. The molecular formula is C18H21F2N3O3. The van der Waals surface area contributed by atoms with Crippen LogP contribution in [0.3, 0.4) is 0 Å². The van der Waals surface area contributed by atoms with E-state index in [1.807, 2.05) is 0 Å². The zero-order chi connectivity index (χ0) is 18.5. The molecule has 0 bridgehead atoms. The Morgan fingerprint density at radius 2 is 1.96 bits per heavy atom. The third-order valence-corrected chi connectivity index (χ3v) is 4.61. The topological polar surface area (TPSA) is 73.2 Å². The van der Waals surface area contributed by atoms with Gasteiger partial charge >= 0.3 is 12.5 Å². The molecule has 1 N–H and O–H groups in total. The number of para-hydroxylation sites is 2. The van der Waals surface area contributed by atoms with E-state index in [2.05, 4.69) is 10.3 Å². The van der Waals surface area contributed by atoms with Gasteiger partial charge in [0.2, 0.25) is 5.91 Å². The van der Waals surface area contributed by atoms with Gasteiger partial charge in [0, 0.05) is 5.92 Å². The van der Waals surface area contributed by atoms with Crippen molar-refractivity contribution in [3.8, 4) is 0 Å². The van der Waals surface area contributed by atoms with E-state index in [1.165, 1.54) is 6.07 Å². The number of alkyl halides is 2. The predicted octanol–water partition coefficient (Wildman–Crippen LogP) is 3.17. The fraction of sp³-hybridized carbons (Fsp3) is 0.500. The Kier molecular flexibility index (Phi) is 5.80. The van der Waals surface area contributed by atoms with Crippen molar-refractivity contribution in [2.75, 3.05) is 6.54 Å². The van der Waals surface area contributed by atoms with Gasteiger partial charge in [-0.1, -0.05) is 31.4 Å². The van der Waals surface area contributed by atoms with E-state index in [-0.39, 0.29) is 36.3 Å². The number of nitrogens with one attached hydrogen (secondary N) is 1. The number of halogens is 2. The summed E-state index contributed by atoms with van der Waals surface area (Å²) >= 11 is 0. The van der Waals surface area contributed by atoms with Crippen LogP contribution >= 0.6 is 0 Å². The average Bonchev–Trinajstić information content (AvgIpc) is 3.03. The summed E-state index contributed by atoms with van der Waals surface area (Å²) in [5.74, 6) is -0.920. The summed E-state index contributed by atoms with van der Waals surface area (Å²) in [6, 6.07) is 6.48. The second-order valence-electron chi connectivity index (χ2n) is 6.38. The van der Waals surface area contributed by atoms with Gasteiger partial charge in [-0.25, -0.2) is 4.98 Å². The number of carbonyl (C=O) groups is 2. The summed E-state index contributed by atoms with van der Waals surface area (Å²) in [5, 5.41) is 2.56. The Bertz CT molecular complexity index is 785. The molecule has 1 saturated carbocycles. The van der Waals surface area contributed by atoms with Crippen molar-refractivity contribution in [1.82, 2.24) is 14.9 Å². The van der Waals surface area contributed by atoms with E-state index < -0.39 is 12.5 Å². The molecule has 8 heteroatoms. The van der Waals surface area contributed by atoms with E-state index in [1.54, 1.807) is 18.2 Å². The van der Waals surface area contributed by atoms with Gasteiger partial charge in [-0.15, -0.1) is 0 Å². The van der Waals surface area contributed by atoms with Crippen LogP contribution in [0.4, 0.5) is 8.78 Å². The van der Waals surface area contributed by atoms with E-state index in [9.17, 15) is 18.4 Å². The van der Waals surface area contributed by atoms with Crippen LogP contribution in [0, 0.1) is 5.92 Å². The number of rotatable bonds is 6. The van der Waals surface area contributed by atoms with Crippen molar-refractivity contribution in [3.63, 3.8) is 0 Å². The fourth-order valence-electron chi connectivity index (χ4n) is 3.28. The van der Waals surface area contributed by atoms with Crippen LogP contribution in [-0.4, -0.2) is 28.0 Å². The molecule has 3 rings (SSSR count). The van der Waals surface area contributed by atoms with Crippen molar-refractivity contribution in [3.05, 3.63) is 30.1 Å². The van der Waals surface area contributed by atoms with Crippen LogP contribution in [0.1, 0.15) is 44.5 Å². The van der Waals surface area contributed by atoms with Crippen molar-refractivity contribution in [2.24, 2.45) is 5.92 Å². The lowest BCUT2D eigenvalue weighted by molar-refractivity contribution is -0.146. The van der Waals surface area contributed by atoms with E-state index in [0.717, 1.165) is 36.7 Å². The van der Waals surface area contributed by atoms with Gasteiger partial charge < -0.3 is 10.1 Å². The van der Waals surface area contributed by atoms with E-state index >= 15 is 0 Å². The summed E-state index contributed by atoms with van der Waals surface area (Å²) in [5.41, 5.74) is 0.684. The van der Waals surface area contributed by atoms with Gasteiger partial charge in [0.25, 0.3) is 0 Å². The van der Waals surface area contributed by atoms with Crippen LogP contribution in [0.5, 0.6) is 0 Å². The van der Waals surface area contributed by atoms with Crippen molar-refractivity contribution >= 4 is 22.9 Å². The second-order valence-corrected chi connectivity index (χ2v) is 6.38.